The van der Waals surface area contributed by atoms with Crippen molar-refractivity contribution in [2.75, 3.05) is 26.4 Å². The van der Waals surface area contributed by atoms with Crippen molar-refractivity contribution in [3.63, 3.8) is 0 Å². The van der Waals surface area contributed by atoms with Gasteiger partial charge in [-0.15, -0.1) is 0 Å². The molecule has 0 atom stereocenters. The van der Waals surface area contributed by atoms with Gasteiger partial charge in [-0.3, -0.25) is 4.79 Å². The van der Waals surface area contributed by atoms with Crippen LogP contribution in [0.2, 0.25) is 0 Å². The molecule has 0 aromatic carbocycles. The number of aliphatic hydroxyl groups excluding tert-OH is 2. The summed E-state index contributed by atoms with van der Waals surface area (Å²) < 4.78 is 4.63. The van der Waals surface area contributed by atoms with Gasteiger partial charge in [-0.2, -0.15) is 0 Å². The lowest BCUT2D eigenvalue weighted by molar-refractivity contribution is -0.108. The maximum absolute atomic E-state index is 9.81. The van der Waals surface area contributed by atoms with Gasteiger partial charge < -0.3 is 14.9 Å². The molecule has 78 valence electrons. The van der Waals surface area contributed by atoms with Crippen LogP contribution in [0.25, 0.3) is 0 Å². The van der Waals surface area contributed by atoms with Crippen LogP contribution in [-0.4, -0.2) is 41.9 Å². The number of halogens is 1. The van der Waals surface area contributed by atoms with Crippen LogP contribution in [0.5, 0.6) is 0 Å². The van der Waals surface area contributed by atoms with Gasteiger partial charge in [0, 0.05) is 5.57 Å². The van der Waals surface area contributed by atoms with Crippen LogP contribution in [0, 0.1) is 0 Å². The number of hydrogen-bond acceptors (Lipinski definition) is 4. The smallest absolute Gasteiger partial charge is 0.247 e. The van der Waals surface area contributed by atoms with Crippen molar-refractivity contribution >= 4 is 16.8 Å². The van der Waals surface area contributed by atoms with Crippen LogP contribution in [0.1, 0.15) is 6.92 Å². The fourth-order valence-electron chi connectivity index (χ4n) is 0.231. The summed E-state index contributed by atoms with van der Waals surface area (Å²) in [5.41, 5.74) is 0.386. The molecule has 0 heterocycles. The number of hydrogen-bond donors (Lipinski definition) is 2. The molecule has 0 aliphatic rings. The quantitative estimate of drug-likeness (QED) is 0.390. The number of ether oxygens (including phenoxy) is 1. The van der Waals surface area contributed by atoms with Crippen LogP contribution < -0.4 is 0 Å². The van der Waals surface area contributed by atoms with E-state index in [0.717, 1.165) is 0 Å². The van der Waals surface area contributed by atoms with E-state index in [0.29, 0.717) is 18.8 Å². The van der Waals surface area contributed by atoms with Crippen LogP contribution >= 0.6 is 11.6 Å². The molecule has 5 heteroatoms. The summed E-state index contributed by atoms with van der Waals surface area (Å²) in [6.45, 7) is 5.53. The molecule has 0 aliphatic carbocycles. The molecule has 0 spiro atoms. The Labute approximate surface area is 82.8 Å². The Balaban J connectivity index is 0. The number of carbonyl (C=O) groups excluding carboxylic acids is 1. The average molecular weight is 211 g/mol. The minimum Gasteiger partial charge on any atom is -0.394 e. The zero-order valence-corrected chi connectivity index (χ0v) is 8.38. The summed E-state index contributed by atoms with van der Waals surface area (Å²) >= 11 is 4.87. The van der Waals surface area contributed by atoms with Crippen molar-refractivity contribution in [1.82, 2.24) is 0 Å². The molecular formula is C8H15ClO4. The second-order valence-electron chi connectivity index (χ2n) is 2.11. The lowest BCUT2D eigenvalue weighted by Gasteiger charge is -1.94. The largest absolute Gasteiger partial charge is 0.394 e. The third kappa shape index (κ3) is 18.5. The maximum Gasteiger partial charge on any atom is 0.247 e. The van der Waals surface area contributed by atoms with E-state index in [-0.39, 0.29) is 13.2 Å². The number of rotatable bonds is 5. The van der Waals surface area contributed by atoms with Gasteiger partial charge in [0.25, 0.3) is 0 Å². The van der Waals surface area contributed by atoms with E-state index in [1.165, 1.54) is 0 Å². The van der Waals surface area contributed by atoms with Crippen molar-refractivity contribution in [2.45, 2.75) is 6.92 Å². The molecule has 0 rings (SSSR count). The van der Waals surface area contributed by atoms with Gasteiger partial charge in [-0.05, 0) is 18.5 Å². The summed E-state index contributed by atoms with van der Waals surface area (Å²) in [6.07, 6.45) is 0. The highest BCUT2D eigenvalue weighted by Crippen LogP contribution is 1.91. The van der Waals surface area contributed by atoms with Crippen molar-refractivity contribution in [3.8, 4) is 0 Å². The summed E-state index contributed by atoms with van der Waals surface area (Å²) in [5, 5.41) is 15.7. The molecule has 0 saturated carbocycles. The molecule has 0 fully saturated rings. The maximum atomic E-state index is 9.81. The molecule has 0 aromatic rings. The summed E-state index contributed by atoms with van der Waals surface area (Å²) in [5.74, 6) is 0. The summed E-state index contributed by atoms with van der Waals surface area (Å²) in [4.78, 5) is 9.81. The first-order valence-corrected chi connectivity index (χ1v) is 4.08. The van der Waals surface area contributed by atoms with E-state index in [1.807, 2.05) is 0 Å². The second kappa shape index (κ2) is 11.6. The number of allylic oxidation sites excluding steroid dienone is 1. The topological polar surface area (TPSA) is 66.8 Å². The molecule has 0 radical (unpaired) electrons. The molecule has 13 heavy (non-hydrogen) atoms. The molecule has 0 saturated heterocycles. The third-order valence-electron chi connectivity index (χ3n) is 0.807. The molecule has 0 aliphatic heterocycles. The minimum atomic E-state index is -0.463. The van der Waals surface area contributed by atoms with Gasteiger partial charge in [0.1, 0.15) is 0 Å². The predicted molar refractivity (Wildman–Crippen MR) is 50.7 cm³/mol. The number of aliphatic hydroxyl groups is 2. The lowest BCUT2D eigenvalue weighted by Crippen LogP contribution is -2.03. The fraction of sp³-hybridized carbons (Fsp3) is 0.625. The zero-order valence-electron chi connectivity index (χ0n) is 7.62. The minimum absolute atomic E-state index is 0.0278. The Hall–Kier alpha value is -0.420. The molecule has 0 bridgehead atoms. The first kappa shape index (κ1) is 15.1. The molecule has 4 nitrogen and oxygen atoms in total. The monoisotopic (exact) mass is 210 g/mol. The second-order valence-corrected chi connectivity index (χ2v) is 2.46. The van der Waals surface area contributed by atoms with Crippen molar-refractivity contribution < 1.29 is 19.7 Å². The first-order chi connectivity index (χ1) is 6.06. The van der Waals surface area contributed by atoms with E-state index in [9.17, 15) is 4.79 Å². The van der Waals surface area contributed by atoms with E-state index in [4.69, 9.17) is 21.8 Å². The molecular weight excluding hydrogens is 196 g/mol. The highest BCUT2D eigenvalue weighted by atomic mass is 35.5. The first-order valence-electron chi connectivity index (χ1n) is 3.71. The van der Waals surface area contributed by atoms with E-state index in [1.54, 1.807) is 6.92 Å². The highest BCUT2D eigenvalue weighted by Gasteiger charge is 1.89. The standard InChI is InChI=1S/C4H5ClO.C4H10O3/c1-3(2)4(5)6;5-1-3-7-4-2-6/h1H2,2H3;5-6H,1-4H2. The van der Waals surface area contributed by atoms with Crippen molar-refractivity contribution in [2.24, 2.45) is 0 Å². The zero-order chi connectivity index (χ0) is 10.7. The average Bonchev–Trinajstić information content (AvgIpc) is 2.06. The molecule has 0 amide bonds. The van der Waals surface area contributed by atoms with Gasteiger partial charge in [0.2, 0.25) is 5.24 Å². The van der Waals surface area contributed by atoms with E-state index >= 15 is 0 Å². The Morgan fingerprint density at radius 2 is 1.69 bits per heavy atom. The van der Waals surface area contributed by atoms with Crippen LogP contribution in [0.3, 0.4) is 0 Å². The van der Waals surface area contributed by atoms with Gasteiger partial charge in [-0.25, -0.2) is 0 Å². The molecule has 2 N–H and O–H groups in total. The van der Waals surface area contributed by atoms with Gasteiger partial charge in [-0.1, -0.05) is 6.58 Å². The Kier molecular flexibility index (Phi) is 13.4. The van der Waals surface area contributed by atoms with Crippen LogP contribution in [-0.2, 0) is 9.53 Å². The normalized spacial score (nSPS) is 8.62. The van der Waals surface area contributed by atoms with E-state index in [2.05, 4.69) is 11.3 Å². The third-order valence-corrected chi connectivity index (χ3v) is 1.13. The van der Waals surface area contributed by atoms with Gasteiger partial charge in [0.05, 0.1) is 26.4 Å². The van der Waals surface area contributed by atoms with Crippen LogP contribution in [0.4, 0.5) is 0 Å². The van der Waals surface area contributed by atoms with Crippen LogP contribution in [0.15, 0.2) is 12.2 Å². The van der Waals surface area contributed by atoms with E-state index < -0.39 is 5.24 Å². The predicted octanol–water partition coefficient (Wildman–Crippen LogP) is 0.315. The number of carbonyl (C=O) groups is 1. The SMILES string of the molecule is C=C(C)C(=O)Cl.OCCOCCO. The van der Waals surface area contributed by atoms with Crippen molar-refractivity contribution in [1.29, 1.82) is 0 Å². The van der Waals surface area contributed by atoms with Crippen molar-refractivity contribution in [3.05, 3.63) is 12.2 Å². The molecule has 0 unspecified atom stereocenters. The summed E-state index contributed by atoms with van der Waals surface area (Å²) in [6, 6.07) is 0. The van der Waals surface area contributed by atoms with Gasteiger partial charge >= 0.3 is 0 Å². The highest BCUT2D eigenvalue weighted by molar-refractivity contribution is 6.67. The summed E-state index contributed by atoms with van der Waals surface area (Å²) in [7, 11) is 0. The molecule has 0 aromatic heterocycles. The fourth-order valence-corrected chi connectivity index (χ4v) is 0.231. The Bertz CT molecular complexity index is 131. The Morgan fingerprint density at radius 3 is 1.85 bits per heavy atom. The lowest BCUT2D eigenvalue weighted by atomic mass is 10.4. The Morgan fingerprint density at radius 1 is 1.38 bits per heavy atom. The van der Waals surface area contributed by atoms with Gasteiger partial charge in [0.15, 0.2) is 0 Å².